The third-order valence-electron chi connectivity index (χ3n) is 2.86. The maximum absolute atomic E-state index is 12.0. The second-order valence-electron chi connectivity index (χ2n) is 4.20. The normalized spacial score (nSPS) is 10.0. The summed E-state index contributed by atoms with van der Waals surface area (Å²) in [6, 6.07) is 6.49. The Hall–Kier alpha value is -2.70. The van der Waals surface area contributed by atoms with E-state index in [0.29, 0.717) is 23.0 Å². The zero-order valence-corrected chi connectivity index (χ0v) is 12.2. The van der Waals surface area contributed by atoms with Crippen molar-refractivity contribution in [2.45, 2.75) is 13.5 Å². The van der Waals surface area contributed by atoms with Gasteiger partial charge in [-0.25, -0.2) is 4.79 Å². The van der Waals surface area contributed by atoms with Crippen LogP contribution in [-0.2, 0) is 6.54 Å². The van der Waals surface area contributed by atoms with Crippen LogP contribution >= 0.6 is 0 Å². The van der Waals surface area contributed by atoms with Crippen molar-refractivity contribution in [3.63, 3.8) is 0 Å². The largest absolute Gasteiger partial charge is 0.497 e. The van der Waals surface area contributed by atoms with Gasteiger partial charge in [0, 0.05) is 24.9 Å². The summed E-state index contributed by atoms with van der Waals surface area (Å²) >= 11 is 0. The predicted molar refractivity (Wildman–Crippen MR) is 80.1 cm³/mol. The van der Waals surface area contributed by atoms with E-state index in [2.05, 4.69) is 15.7 Å². The highest BCUT2D eigenvalue weighted by atomic mass is 16.5. The van der Waals surface area contributed by atoms with Crippen LogP contribution in [0.4, 0.5) is 16.3 Å². The number of aromatic nitrogens is 2. The lowest BCUT2D eigenvalue weighted by molar-refractivity contribution is 0.262. The average molecular weight is 290 g/mol. The molecule has 7 heteroatoms. The Balaban J connectivity index is 2.07. The number of hydrogen-bond acceptors (Lipinski definition) is 4. The molecule has 0 fully saturated rings. The van der Waals surface area contributed by atoms with Gasteiger partial charge in [0.25, 0.3) is 0 Å². The van der Waals surface area contributed by atoms with Gasteiger partial charge in [-0.15, -0.1) is 0 Å². The monoisotopic (exact) mass is 290 g/mol. The number of carbonyl (C=O) groups excluding carboxylic acids is 1. The molecule has 1 aromatic heterocycles. The van der Waals surface area contributed by atoms with E-state index < -0.39 is 6.03 Å². The zero-order valence-electron chi connectivity index (χ0n) is 12.2. The first-order valence-electron chi connectivity index (χ1n) is 6.49. The Morgan fingerprint density at radius 2 is 2.05 bits per heavy atom. The van der Waals surface area contributed by atoms with E-state index >= 15 is 0 Å². The van der Waals surface area contributed by atoms with E-state index in [1.54, 1.807) is 42.3 Å². The second-order valence-corrected chi connectivity index (χ2v) is 4.20. The van der Waals surface area contributed by atoms with Crippen LogP contribution in [0.2, 0.25) is 0 Å². The van der Waals surface area contributed by atoms with Crippen LogP contribution in [0.15, 0.2) is 30.5 Å². The highest BCUT2D eigenvalue weighted by Crippen LogP contribution is 2.28. The lowest BCUT2D eigenvalue weighted by atomic mass is 10.2. The van der Waals surface area contributed by atoms with Crippen LogP contribution in [0.1, 0.15) is 6.92 Å². The van der Waals surface area contributed by atoms with E-state index in [-0.39, 0.29) is 0 Å². The van der Waals surface area contributed by atoms with E-state index in [1.807, 2.05) is 6.92 Å². The third kappa shape index (κ3) is 3.65. The van der Waals surface area contributed by atoms with Crippen molar-refractivity contribution in [2.24, 2.45) is 0 Å². The minimum Gasteiger partial charge on any atom is -0.497 e. The topological polar surface area (TPSA) is 77.4 Å². The van der Waals surface area contributed by atoms with Gasteiger partial charge in [-0.2, -0.15) is 5.10 Å². The molecule has 7 nitrogen and oxygen atoms in total. The molecular weight excluding hydrogens is 272 g/mol. The first kappa shape index (κ1) is 14.7. The number of anilines is 2. The highest BCUT2D eigenvalue weighted by Gasteiger charge is 2.10. The molecule has 21 heavy (non-hydrogen) atoms. The summed E-state index contributed by atoms with van der Waals surface area (Å²) in [5.41, 5.74) is 0.518. The van der Waals surface area contributed by atoms with E-state index in [9.17, 15) is 4.79 Å². The smallest absolute Gasteiger partial charge is 0.325 e. The first-order valence-corrected chi connectivity index (χ1v) is 6.49. The minimum absolute atomic E-state index is 0.400. The van der Waals surface area contributed by atoms with Crippen molar-refractivity contribution in [3.05, 3.63) is 30.5 Å². The third-order valence-corrected chi connectivity index (χ3v) is 2.86. The van der Waals surface area contributed by atoms with E-state index in [1.165, 1.54) is 7.11 Å². The summed E-state index contributed by atoms with van der Waals surface area (Å²) in [6.45, 7) is 2.71. The molecule has 0 aliphatic heterocycles. The van der Waals surface area contributed by atoms with Gasteiger partial charge in [-0.05, 0) is 19.1 Å². The number of aryl methyl sites for hydroxylation is 1. The number of benzene rings is 1. The molecular formula is C14H18N4O3. The molecule has 0 saturated heterocycles. The number of nitrogens with zero attached hydrogens (tertiary/aromatic N) is 2. The van der Waals surface area contributed by atoms with Crippen molar-refractivity contribution in [3.8, 4) is 11.5 Å². The summed E-state index contributed by atoms with van der Waals surface area (Å²) in [7, 11) is 3.09. The van der Waals surface area contributed by atoms with Gasteiger partial charge in [0.2, 0.25) is 0 Å². The summed E-state index contributed by atoms with van der Waals surface area (Å²) in [4.78, 5) is 12.0. The fourth-order valence-corrected chi connectivity index (χ4v) is 1.79. The van der Waals surface area contributed by atoms with Crippen LogP contribution in [0.25, 0.3) is 0 Å². The molecule has 1 aromatic carbocycles. The van der Waals surface area contributed by atoms with Crippen LogP contribution < -0.4 is 20.1 Å². The average Bonchev–Trinajstić information content (AvgIpc) is 2.94. The Labute approximate surface area is 122 Å². The molecule has 0 atom stereocenters. The van der Waals surface area contributed by atoms with Crippen LogP contribution in [-0.4, -0.2) is 30.0 Å². The highest BCUT2D eigenvalue weighted by molar-refractivity contribution is 6.00. The molecule has 112 valence electrons. The van der Waals surface area contributed by atoms with Gasteiger partial charge < -0.3 is 14.8 Å². The molecule has 0 spiro atoms. The lowest BCUT2D eigenvalue weighted by Crippen LogP contribution is -2.20. The van der Waals surface area contributed by atoms with Crippen molar-refractivity contribution >= 4 is 17.5 Å². The van der Waals surface area contributed by atoms with Crippen LogP contribution in [0, 0.1) is 0 Å². The van der Waals surface area contributed by atoms with Gasteiger partial charge >= 0.3 is 6.03 Å². The van der Waals surface area contributed by atoms with Gasteiger partial charge in [0.05, 0.1) is 19.9 Å². The molecule has 2 aromatic rings. The summed E-state index contributed by atoms with van der Waals surface area (Å²) in [6.07, 6.45) is 1.79. The molecule has 0 bridgehead atoms. The standard InChI is InChI=1S/C14H18N4O3/c1-4-18-8-7-13(17-18)16-14(19)15-11-9-10(20-2)5-6-12(11)21-3/h5-9H,4H2,1-3H3,(H2,15,16,17,19). The van der Waals surface area contributed by atoms with Crippen LogP contribution in [0.5, 0.6) is 11.5 Å². The molecule has 0 unspecified atom stereocenters. The number of amides is 2. The summed E-state index contributed by atoms with van der Waals surface area (Å²) in [5.74, 6) is 1.66. The molecule has 0 aliphatic carbocycles. The number of nitrogens with one attached hydrogen (secondary N) is 2. The number of methoxy groups -OCH3 is 2. The van der Waals surface area contributed by atoms with Crippen molar-refractivity contribution in [1.29, 1.82) is 0 Å². The molecule has 0 aliphatic rings. The molecule has 2 rings (SSSR count). The number of hydrogen-bond donors (Lipinski definition) is 2. The van der Waals surface area contributed by atoms with Crippen molar-refractivity contribution < 1.29 is 14.3 Å². The fourth-order valence-electron chi connectivity index (χ4n) is 1.79. The van der Waals surface area contributed by atoms with Gasteiger partial charge in [0.1, 0.15) is 11.5 Å². The maximum atomic E-state index is 12.0. The Bertz CT molecular complexity index is 624. The van der Waals surface area contributed by atoms with E-state index in [4.69, 9.17) is 9.47 Å². The van der Waals surface area contributed by atoms with Crippen molar-refractivity contribution in [2.75, 3.05) is 24.9 Å². The minimum atomic E-state index is -0.400. The van der Waals surface area contributed by atoms with Gasteiger partial charge in [0.15, 0.2) is 5.82 Å². The Kier molecular flexibility index (Phi) is 4.65. The quantitative estimate of drug-likeness (QED) is 0.887. The number of rotatable bonds is 5. The first-order chi connectivity index (χ1) is 10.2. The Morgan fingerprint density at radius 3 is 2.67 bits per heavy atom. The summed E-state index contributed by atoms with van der Waals surface area (Å²) in [5, 5.41) is 9.54. The lowest BCUT2D eigenvalue weighted by Gasteiger charge is -2.11. The molecule has 0 radical (unpaired) electrons. The number of urea groups is 1. The molecule has 1 heterocycles. The predicted octanol–water partition coefficient (Wildman–Crippen LogP) is 2.56. The van der Waals surface area contributed by atoms with E-state index in [0.717, 1.165) is 6.54 Å². The van der Waals surface area contributed by atoms with Crippen molar-refractivity contribution in [1.82, 2.24) is 9.78 Å². The fraction of sp³-hybridized carbons (Fsp3) is 0.286. The molecule has 2 amide bonds. The molecule has 0 saturated carbocycles. The molecule has 2 N–H and O–H groups in total. The van der Waals surface area contributed by atoms with Crippen LogP contribution in [0.3, 0.4) is 0 Å². The van der Waals surface area contributed by atoms with Gasteiger partial charge in [-0.3, -0.25) is 10.00 Å². The maximum Gasteiger partial charge on any atom is 0.325 e. The SMILES string of the molecule is CCn1ccc(NC(=O)Nc2cc(OC)ccc2OC)n1. The number of carbonyl (C=O) groups is 1. The van der Waals surface area contributed by atoms with Gasteiger partial charge in [-0.1, -0.05) is 0 Å². The summed E-state index contributed by atoms with van der Waals surface area (Å²) < 4.78 is 12.1. The number of ether oxygens (including phenoxy) is 2. The Morgan fingerprint density at radius 1 is 1.24 bits per heavy atom. The zero-order chi connectivity index (χ0) is 15.2. The second kappa shape index (κ2) is 6.65.